The molecule has 1 aromatic carbocycles. The fraction of sp³-hybridized carbons (Fsp3) is 0.500. The minimum absolute atomic E-state index is 0.0636. The molecule has 1 rings (SSSR count). The Morgan fingerprint density at radius 3 is 2.44 bits per heavy atom. The first-order valence-electron chi connectivity index (χ1n) is 5.28. The van der Waals surface area contributed by atoms with Gasteiger partial charge in [0, 0.05) is 17.6 Å². The number of nitrogens with zero attached hydrogens (tertiary/aromatic N) is 1. The Labute approximate surface area is 105 Å². The molecule has 0 saturated heterocycles. The lowest BCUT2D eigenvalue weighted by Gasteiger charge is -2.26. The number of aliphatic hydroxyl groups excluding tert-OH is 2. The van der Waals surface area contributed by atoms with Gasteiger partial charge in [-0.05, 0) is 47.5 Å². The number of hydrogen-bond acceptors (Lipinski definition) is 3. The first-order valence-corrected chi connectivity index (χ1v) is 6.08. The summed E-state index contributed by atoms with van der Waals surface area (Å²) >= 11 is 3.48. The van der Waals surface area contributed by atoms with Gasteiger partial charge in [-0.3, -0.25) is 0 Å². The number of likely N-dealkylation sites (N-methyl/N-ethyl adjacent to an activating group) is 1. The molecule has 4 heteroatoms. The van der Waals surface area contributed by atoms with Crippen molar-refractivity contribution >= 4 is 21.6 Å². The van der Waals surface area contributed by atoms with Crippen molar-refractivity contribution < 1.29 is 10.2 Å². The van der Waals surface area contributed by atoms with Crippen LogP contribution in [0.4, 0.5) is 5.69 Å². The van der Waals surface area contributed by atoms with E-state index in [0.29, 0.717) is 0 Å². The average Bonchev–Trinajstić information content (AvgIpc) is 2.26. The lowest BCUT2D eigenvalue weighted by Crippen LogP contribution is -2.32. The first-order chi connectivity index (χ1) is 7.47. The molecule has 90 valence electrons. The SMILES string of the molecule is CC(CO)N(C)c1ccc([C@@H](C)O)cc1Br. The smallest absolute Gasteiger partial charge is 0.0762 e. The van der Waals surface area contributed by atoms with E-state index >= 15 is 0 Å². The van der Waals surface area contributed by atoms with Crippen LogP contribution in [0.3, 0.4) is 0 Å². The van der Waals surface area contributed by atoms with Gasteiger partial charge in [0.2, 0.25) is 0 Å². The van der Waals surface area contributed by atoms with Gasteiger partial charge in [-0.2, -0.15) is 0 Å². The highest BCUT2D eigenvalue weighted by Gasteiger charge is 2.13. The number of hydrogen-bond donors (Lipinski definition) is 2. The summed E-state index contributed by atoms with van der Waals surface area (Å²) in [7, 11) is 1.93. The van der Waals surface area contributed by atoms with Gasteiger partial charge in [-0.15, -0.1) is 0 Å². The van der Waals surface area contributed by atoms with Crippen LogP contribution in [-0.4, -0.2) is 29.9 Å². The molecule has 0 heterocycles. The summed E-state index contributed by atoms with van der Waals surface area (Å²) in [5, 5.41) is 18.6. The van der Waals surface area contributed by atoms with Crippen molar-refractivity contribution in [3.63, 3.8) is 0 Å². The van der Waals surface area contributed by atoms with Crippen molar-refractivity contribution in [3.8, 4) is 0 Å². The van der Waals surface area contributed by atoms with Gasteiger partial charge in [-0.1, -0.05) is 6.07 Å². The summed E-state index contributed by atoms with van der Waals surface area (Å²) in [6.07, 6.45) is -0.467. The first kappa shape index (κ1) is 13.5. The van der Waals surface area contributed by atoms with Crippen LogP contribution in [0.25, 0.3) is 0 Å². The summed E-state index contributed by atoms with van der Waals surface area (Å²) < 4.78 is 0.925. The van der Waals surface area contributed by atoms with E-state index in [1.165, 1.54) is 0 Å². The maximum absolute atomic E-state index is 9.46. The van der Waals surface area contributed by atoms with Crippen molar-refractivity contribution in [2.75, 3.05) is 18.6 Å². The van der Waals surface area contributed by atoms with Crippen molar-refractivity contribution in [1.82, 2.24) is 0 Å². The summed E-state index contributed by atoms with van der Waals surface area (Å²) in [6.45, 7) is 3.80. The Balaban J connectivity index is 2.99. The molecule has 0 aliphatic rings. The monoisotopic (exact) mass is 287 g/mol. The standard InChI is InChI=1S/C12H18BrNO2/c1-8(7-15)14(3)12-5-4-10(9(2)16)6-11(12)13/h4-6,8-9,15-16H,7H2,1-3H3/t8?,9-/m1/s1. The zero-order valence-corrected chi connectivity index (χ0v) is 11.4. The van der Waals surface area contributed by atoms with Crippen LogP contribution in [-0.2, 0) is 0 Å². The third-order valence-corrected chi connectivity index (χ3v) is 3.39. The number of rotatable bonds is 4. The number of benzene rings is 1. The van der Waals surface area contributed by atoms with E-state index < -0.39 is 6.10 Å². The lowest BCUT2D eigenvalue weighted by molar-refractivity contribution is 0.199. The molecule has 0 fully saturated rings. The van der Waals surface area contributed by atoms with E-state index in [1.54, 1.807) is 6.92 Å². The molecule has 0 aliphatic heterocycles. The normalized spacial score (nSPS) is 14.6. The number of anilines is 1. The van der Waals surface area contributed by atoms with E-state index in [2.05, 4.69) is 15.9 Å². The van der Waals surface area contributed by atoms with Crippen LogP contribution in [0.2, 0.25) is 0 Å². The van der Waals surface area contributed by atoms with Crippen LogP contribution in [0, 0.1) is 0 Å². The number of halogens is 1. The molecule has 1 unspecified atom stereocenters. The Morgan fingerprint density at radius 2 is 2.00 bits per heavy atom. The zero-order chi connectivity index (χ0) is 12.3. The predicted molar refractivity (Wildman–Crippen MR) is 69.7 cm³/mol. The molecule has 3 nitrogen and oxygen atoms in total. The second-order valence-corrected chi connectivity index (χ2v) is 4.88. The van der Waals surface area contributed by atoms with Crippen LogP contribution in [0.15, 0.2) is 22.7 Å². The Bertz CT molecular complexity index is 355. The molecule has 0 radical (unpaired) electrons. The van der Waals surface area contributed by atoms with E-state index in [1.807, 2.05) is 37.1 Å². The Kier molecular flexibility index (Phi) is 4.77. The summed E-state index contributed by atoms with van der Waals surface area (Å²) in [4.78, 5) is 2.00. The quantitative estimate of drug-likeness (QED) is 0.893. The molecule has 0 saturated carbocycles. The van der Waals surface area contributed by atoms with Crippen LogP contribution < -0.4 is 4.90 Å². The maximum Gasteiger partial charge on any atom is 0.0762 e. The van der Waals surface area contributed by atoms with E-state index in [4.69, 9.17) is 5.11 Å². The zero-order valence-electron chi connectivity index (χ0n) is 9.81. The average molecular weight is 288 g/mol. The van der Waals surface area contributed by atoms with Gasteiger partial charge < -0.3 is 15.1 Å². The summed E-state index contributed by atoms with van der Waals surface area (Å²) in [6, 6.07) is 5.80. The van der Waals surface area contributed by atoms with Crippen LogP contribution >= 0.6 is 15.9 Å². The van der Waals surface area contributed by atoms with Gasteiger partial charge in [-0.25, -0.2) is 0 Å². The van der Waals surface area contributed by atoms with Gasteiger partial charge in [0.15, 0.2) is 0 Å². The van der Waals surface area contributed by atoms with E-state index in [-0.39, 0.29) is 12.6 Å². The minimum Gasteiger partial charge on any atom is -0.394 e. The van der Waals surface area contributed by atoms with E-state index in [0.717, 1.165) is 15.7 Å². The molecule has 0 spiro atoms. The third-order valence-electron chi connectivity index (χ3n) is 2.76. The fourth-order valence-electron chi connectivity index (χ4n) is 1.43. The second-order valence-electron chi connectivity index (χ2n) is 4.03. The molecule has 0 bridgehead atoms. The Hall–Kier alpha value is -0.580. The fourth-order valence-corrected chi connectivity index (χ4v) is 2.11. The van der Waals surface area contributed by atoms with Crippen molar-refractivity contribution in [3.05, 3.63) is 28.2 Å². The highest BCUT2D eigenvalue weighted by Crippen LogP contribution is 2.29. The maximum atomic E-state index is 9.46. The summed E-state index contributed by atoms with van der Waals surface area (Å²) in [5.74, 6) is 0. The molecule has 2 atom stereocenters. The summed E-state index contributed by atoms with van der Waals surface area (Å²) in [5.41, 5.74) is 1.88. The van der Waals surface area contributed by atoms with E-state index in [9.17, 15) is 5.11 Å². The molecule has 1 aromatic rings. The van der Waals surface area contributed by atoms with Crippen LogP contribution in [0.5, 0.6) is 0 Å². The third kappa shape index (κ3) is 2.97. The Morgan fingerprint density at radius 1 is 1.38 bits per heavy atom. The second kappa shape index (κ2) is 5.66. The molecular formula is C12H18BrNO2. The molecule has 0 aromatic heterocycles. The highest BCUT2D eigenvalue weighted by molar-refractivity contribution is 9.10. The lowest BCUT2D eigenvalue weighted by atomic mass is 10.1. The number of aliphatic hydroxyl groups is 2. The molecule has 16 heavy (non-hydrogen) atoms. The highest BCUT2D eigenvalue weighted by atomic mass is 79.9. The topological polar surface area (TPSA) is 43.7 Å². The molecule has 2 N–H and O–H groups in total. The minimum atomic E-state index is -0.467. The van der Waals surface area contributed by atoms with Gasteiger partial charge in [0.25, 0.3) is 0 Å². The van der Waals surface area contributed by atoms with Gasteiger partial charge in [0.05, 0.1) is 18.4 Å². The molecular weight excluding hydrogens is 270 g/mol. The van der Waals surface area contributed by atoms with Gasteiger partial charge >= 0.3 is 0 Å². The van der Waals surface area contributed by atoms with Gasteiger partial charge in [0.1, 0.15) is 0 Å². The van der Waals surface area contributed by atoms with Crippen molar-refractivity contribution in [2.24, 2.45) is 0 Å². The largest absolute Gasteiger partial charge is 0.394 e. The van der Waals surface area contributed by atoms with Crippen molar-refractivity contribution in [1.29, 1.82) is 0 Å². The van der Waals surface area contributed by atoms with Crippen LogP contribution in [0.1, 0.15) is 25.5 Å². The predicted octanol–water partition coefficient (Wildman–Crippen LogP) is 2.32. The molecule has 0 aliphatic carbocycles. The molecule has 0 amide bonds. The van der Waals surface area contributed by atoms with Crippen molar-refractivity contribution in [2.45, 2.75) is 26.0 Å².